The molecule has 0 atom stereocenters. The second-order valence-electron chi connectivity index (χ2n) is 8.16. The van der Waals surface area contributed by atoms with Crippen molar-refractivity contribution in [1.82, 2.24) is 0 Å². The first-order valence-corrected chi connectivity index (χ1v) is 11.5. The summed E-state index contributed by atoms with van der Waals surface area (Å²) >= 11 is 0. The molecule has 196 valence electrons. The maximum absolute atomic E-state index is 14.4. The normalized spacial score (nSPS) is 10.2. The number of allylic oxidation sites excluding steroid dienone is 1. The Morgan fingerprint density at radius 2 is 1.68 bits per heavy atom. The largest absolute Gasteiger partial charge is 0.428 e. The van der Waals surface area contributed by atoms with Gasteiger partial charge in [-0.25, -0.2) is 14.0 Å². The van der Waals surface area contributed by atoms with Gasteiger partial charge in [-0.2, -0.15) is 0 Å². The zero-order chi connectivity index (χ0) is 28.1. The number of esters is 3. The van der Waals surface area contributed by atoms with Gasteiger partial charge in [-0.15, -0.1) is 0 Å². The number of rotatable bonds is 11. The van der Waals surface area contributed by atoms with E-state index in [1.807, 2.05) is 0 Å². The van der Waals surface area contributed by atoms with Crippen LogP contribution in [0.5, 0.6) is 5.75 Å². The summed E-state index contributed by atoms with van der Waals surface area (Å²) in [6.07, 6.45) is 2.74. The van der Waals surface area contributed by atoms with Crippen molar-refractivity contribution in [1.29, 1.82) is 0 Å². The molecule has 0 saturated heterocycles. The predicted octanol–water partition coefficient (Wildman–Crippen LogP) is 4.88. The lowest BCUT2D eigenvalue weighted by molar-refractivity contribution is -0.164. The minimum atomic E-state index is -0.702. The lowest BCUT2D eigenvalue weighted by Gasteiger charge is -2.07. The first-order valence-electron chi connectivity index (χ1n) is 11.5. The molecule has 2 rings (SSSR count). The topological polar surface area (TPSA) is 96.0 Å². The van der Waals surface area contributed by atoms with Gasteiger partial charge in [0.2, 0.25) is 6.79 Å². The van der Waals surface area contributed by atoms with Crippen LogP contribution in [-0.4, -0.2) is 30.5 Å². The zero-order valence-corrected chi connectivity index (χ0v) is 21.2. The monoisotopic (exact) mass is 518 g/mol. The van der Waals surface area contributed by atoms with Crippen LogP contribution in [0, 0.1) is 17.7 Å². The summed E-state index contributed by atoms with van der Waals surface area (Å²) in [5, 5.41) is 0. The van der Waals surface area contributed by atoms with Gasteiger partial charge in [0.25, 0.3) is 0 Å². The van der Waals surface area contributed by atoms with E-state index in [9.17, 15) is 23.6 Å². The smallest absolute Gasteiger partial charge is 0.336 e. The molecule has 0 aliphatic carbocycles. The molecule has 38 heavy (non-hydrogen) atoms. The van der Waals surface area contributed by atoms with Crippen LogP contribution in [0.3, 0.4) is 0 Å². The van der Waals surface area contributed by atoms with Crippen molar-refractivity contribution in [3.8, 4) is 17.6 Å². The second-order valence-corrected chi connectivity index (χ2v) is 8.16. The van der Waals surface area contributed by atoms with E-state index in [4.69, 9.17) is 9.47 Å². The Hall–Kier alpha value is -4.77. The molecule has 0 saturated carbocycles. The van der Waals surface area contributed by atoms with E-state index >= 15 is 0 Å². The fourth-order valence-electron chi connectivity index (χ4n) is 2.74. The molecule has 0 aromatic heterocycles. The molecule has 0 aliphatic rings. The highest BCUT2D eigenvalue weighted by Crippen LogP contribution is 2.19. The van der Waals surface area contributed by atoms with Crippen molar-refractivity contribution in [2.75, 3.05) is 6.79 Å². The molecule has 8 heteroatoms. The lowest BCUT2D eigenvalue weighted by Crippen LogP contribution is -2.13. The number of carbonyl (C=O) groups is 4. The van der Waals surface area contributed by atoms with Gasteiger partial charge in [-0.1, -0.05) is 43.2 Å². The third kappa shape index (κ3) is 10.5. The molecule has 7 nitrogen and oxygen atoms in total. The van der Waals surface area contributed by atoms with Crippen LogP contribution >= 0.6 is 0 Å². The molecule has 0 radical (unpaired) electrons. The van der Waals surface area contributed by atoms with Crippen LogP contribution in [0.2, 0.25) is 0 Å². The van der Waals surface area contributed by atoms with Gasteiger partial charge in [-0.05, 0) is 61.2 Å². The van der Waals surface area contributed by atoms with Gasteiger partial charge in [0.15, 0.2) is 5.78 Å². The molecule has 0 amide bonds. The predicted molar refractivity (Wildman–Crippen MR) is 139 cm³/mol. The number of ketones is 1. The number of Topliss-reactive ketones (excluding diaryl/α,β-unsaturated/α-hetero) is 1. The molecular weight excluding hydrogens is 491 g/mol. The molecule has 0 bridgehead atoms. The number of aryl methyl sites for hydroxylation is 1. The molecule has 0 aliphatic heterocycles. The summed E-state index contributed by atoms with van der Waals surface area (Å²) in [7, 11) is 0. The summed E-state index contributed by atoms with van der Waals surface area (Å²) in [5.41, 5.74) is 2.29. The van der Waals surface area contributed by atoms with Gasteiger partial charge in [0.1, 0.15) is 11.6 Å². The number of hydrogen-bond acceptors (Lipinski definition) is 7. The Bertz CT molecular complexity index is 1320. The van der Waals surface area contributed by atoms with E-state index in [1.165, 1.54) is 31.2 Å². The van der Waals surface area contributed by atoms with Crippen molar-refractivity contribution in [3.05, 3.63) is 95.4 Å². The van der Waals surface area contributed by atoms with E-state index in [2.05, 4.69) is 29.7 Å². The Labute approximate surface area is 220 Å². The Morgan fingerprint density at radius 3 is 2.32 bits per heavy atom. The Kier molecular flexibility index (Phi) is 11.4. The first kappa shape index (κ1) is 29.5. The van der Waals surface area contributed by atoms with Gasteiger partial charge in [0, 0.05) is 29.7 Å². The zero-order valence-electron chi connectivity index (χ0n) is 21.2. The maximum Gasteiger partial charge on any atom is 0.336 e. The van der Waals surface area contributed by atoms with Crippen molar-refractivity contribution >= 4 is 29.8 Å². The van der Waals surface area contributed by atoms with Crippen LogP contribution in [0.25, 0.3) is 6.08 Å². The summed E-state index contributed by atoms with van der Waals surface area (Å²) in [5.74, 6) is 2.87. The highest BCUT2D eigenvalue weighted by molar-refractivity contribution is 5.95. The van der Waals surface area contributed by atoms with Gasteiger partial charge < -0.3 is 14.2 Å². The van der Waals surface area contributed by atoms with Crippen LogP contribution in [0.15, 0.2) is 72.8 Å². The summed E-state index contributed by atoms with van der Waals surface area (Å²) in [6.45, 7) is 9.53. The van der Waals surface area contributed by atoms with Gasteiger partial charge in [0.05, 0.1) is 6.42 Å². The Morgan fingerprint density at radius 1 is 0.974 bits per heavy atom. The average molecular weight is 519 g/mol. The maximum atomic E-state index is 14.4. The third-order valence-corrected chi connectivity index (χ3v) is 4.88. The minimum Gasteiger partial charge on any atom is -0.428 e. The fourth-order valence-corrected chi connectivity index (χ4v) is 2.74. The number of carbonyl (C=O) groups excluding carboxylic acids is 4. The molecular formula is C30H27FO7. The van der Waals surface area contributed by atoms with Crippen molar-refractivity contribution in [3.63, 3.8) is 0 Å². The minimum absolute atomic E-state index is 0.00474. The van der Waals surface area contributed by atoms with E-state index in [-0.39, 0.29) is 41.9 Å². The van der Waals surface area contributed by atoms with Gasteiger partial charge >= 0.3 is 17.9 Å². The molecule has 2 aromatic rings. The van der Waals surface area contributed by atoms with Gasteiger partial charge in [-0.3, -0.25) is 9.59 Å². The van der Waals surface area contributed by atoms with Crippen LogP contribution in [0.1, 0.15) is 43.4 Å². The first-order chi connectivity index (χ1) is 18.0. The number of hydrogen-bond donors (Lipinski definition) is 0. The van der Waals surface area contributed by atoms with E-state index in [1.54, 1.807) is 31.2 Å². The highest BCUT2D eigenvalue weighted by Gasteiger charge is 2.11. The molecule has 0 heterocycles. The second kappa shape index (κ2) is 14.7. The molecule has 0 fully saturated rings. The van der Waals surface area contributed by atoms with Crippen molar-refractivity contribution in [2.24, 2.45) is 0 Å². The Balaban J connectivity index is 1.83. The van der Waals surface area contributed by atoms with E-state index < -0.39 is 30.5 Å². The molecule has 0 N–H and O–H groups in total. The standard InChI is InChI=1S/C30H27FO7/c1-20(2)27(32)7-5-6-22-8-10-23(11-9-22)12-16-29(34)38-25-15-13-24(26(31)18-25)14-17-28(33)36-19-37-30(35)21(3)4/h8-13,15-16,18H,1,3,7,14,17,19H2,2,4H3/b16-12+. The average Bonchev–Trinajstić information content (AvgIpc) is 2.87. The van der Waals surface area contributed by atoms with E-state index in [0.29, 0.717) is 16.7 Å². The molecule has 2 aromatic carbocycles. The SMILES string of the molecule is C=C(C)C(=O)CC#Cc1ccc(/C=C/C(=O)Oc2ccc(CCC(=O)OCOC(=O)C(=C)C)c(F)c2)cc1. The van der Waals surface area contributed by atoms with Crippen molar-refractivity contribution in [2.45, 2.75) is 33.1 Å². The fraction of sp³-hybridized carbons (Fsp3) is 0.200. The highest BCUT2D eigenvalue weighted by atomic mass is 19.1. The summed E-state index contributed by atoms with van der Waals surface area (Å²) < 4.78 is 28.9. The summed E-state index contributed by atoms with van der Waals surface area (Å²) in [6, 6.07) is 10.9. The number of benzene rings is 2. The third-order valence-electron chi connectivity index (χ3n) is 4.88. The summed E-state index contributed by atoms with van der Waals surface area (Å²) in [4.78, 5) is 46.6. The molecule has 0 unspecified atom stereocenters. The quantitative estimate of drug-likeness (QED) is 0.137. The van der Waals surface area contributed by atoms with Crippen LogP contribution in [-0.2, 0) is 35.1 Å². The lowest BCUT2D eigenvalue weighted by atomic mass is 10.1. The molecule has 0 spiro atoms. The van der Waals surface area contributed by atoms with Crippen LogP contribution < -0.4 is 4.74 Å². The van der Waals surface area contributed by atoms with Crippen LogP contribution in [0.4, 0.5) is 4.39 Å². The number of halogens is 1. The number of ether oxygens (including phenoxy) is 3. The van der Waals surface area contributed by atoms with Crippen molar-refractivity contribution < 1.29 is 37.8 Å². The van der Waals surface area contributed by atoms with E-state index in [0.717, 1.165) is 6.07 Å².